The Hall–Kier alpha value is -1.61. The highest BCUT2D eigenvalue weighted by Gasteiger charge is 2.51. The summed E-state index contributed by atoms with van der Waals surface area (Å²) < 4.78 is 48.0. The molecule has 2 rings (SSSR count). The van der Waals surface area contributed by atoms with Crippen molar-refractivity contribution in [3.63, 3.8) is 0 Å². The van der Waals surface area contributed by atoms with Crippen LogP contribution in [0.1, 0.15) is 27.7 Å². The van der Waals surface area contributed by atoms with Gasteiger partial charge in [0.1, 0.15) is 5.82 Å². The molecule has 0 unspecified atom stereocenters. The maximum absolute atomic E-state index is 12.2. The summed E-state index contributed by atoms with van der Waals surface area (Å²) in [5.74, 6) is -2.26. The molecule has 1 N–H and O–H groups in total. The van der Waals surface area contributed by atoms with E-state index in [0.717, 1.165) is 0 Å². The normalized spacial score (nSPS) is 20.0. The van der Waals surface area contributed by atoms with Gasteiger partial charge in [0.15, 0.2) is 0 Å². The average molecular weight is 316 g/mol. The van der Waals surface area contributed by atoms with Crippen LogP contribution in [0.5, 0.6) is 0 Å². The zero-order chi connectivity index (χ0) is 16.8. The molecule has 1 fully saturated rings. The van der Waals surface area contributed by atoms with Crippen molar-refractivity contribution in [2.45, 2.75) is 45.1 Å². The van der Waals surface area contributed by atoms with Crippen molar-refractivity contribution in [1.29, 1.82) is 0 Å². The van der Waals surface area contributed by atoms with Crippen molar-refractivity contribution in [1.82, 2.24) is 4.98 Å². The number of aromatic nitrogens is 1. The second-order valence-electron chi connectivity index (χ2n) is 6.02. The summed E-state index contributed by atoms with van der Waals surface area (Å²) >= 11 is 0. The zero-order valence-electron chi connectivity index (χ0n) is 12.6. The Morgan fingerprint density at radius 1 is 1.18 bits per heavy atom. The van der Waals surface area contributed by atoms with E-state index in [9.17, 15) is 18.0 Å². The minimum atomic E-state index is -4.95. The summed E-state index contributed by atoms with van der Waals surface area (Å²) in [6.45, 7) is 7.55. The third-order valence-electron chi connectivity index (χ3n) is 3.81. The van der Waals surface area contributed by atoms with Crippen molar-refractivity contribution in [3.05, 3.63) is 18.3 Å². The van der Waals surface area contributed by atoms with Gasteiger partial charge in [0, 0.05) is 11.7 Å². The van der Waals surface area contributed by atoms with Crippen molar-refractivity contribution >= 4 is 24.3 Å². The third kappa shape index (κ3) is 3.25. The molecule has 0 spiro atoms. The number of alkyl halides is 3. The van der Waals surface area contributed by atoms with Gasteiger partial charge in [-0.15, -0.1) is 0 Å². The quantitative estimate of drug-likeness (QED) is 0.847. The standard InChI is InChI=1S/C13H16BF3N2O3/c1-11(2)12(3,4)22-14(21-11)8-5-6-9(18-7-8)19-10(20)13(15,16)17/h5-7H,1-4H3,(H,18,19,20). The SMILES string of the molecule is CC1(C)OB(c2ccc(NC(=O)C(F)(F)F)nc2)OC1(C)C. The number of amides is 1. The molecule has 1 saturated heterocycles. The van der Waals surface area contributed by atoms with Gasteiger partial charge in [-0.3, -0.25) is 4.79 Å². The third-order valence-corrected chi connectivity index (χ3v) is 3.81. The number of hydrogen-bond donors (Lipinski definition) is 1. The number of nitrogens with one attached hydrogen (secondary N) is 1. The number of rotatable bonds is 2. The zero-order valence-corrected chi connectivity index (χ0v) is 12.6. The molecule has 1 aliphatic heterocycles. The topological polar surface area (TPSA) is 60.5 Å². The average Bonchev–Trinajstić information content (AvgIpc) is 2.58. The van der Waals surface area contributed by atoms with Crippen molar-refractivity contribution in [2.24, 2.45) is 0 Å². The summed E-state index contributed by atoms with van der Waals surface area (Å²) in [6, 6.07) is 2.77. The number of anilines is 1. The van der Waals surface area contributed by atoms with E-state index in [1.807, 2.05) is 27.7 Å². The summed E-state index contributed by atoms with van der Waals surface area (Å²) in [5, 5.41) is 1.68. The fourth-order valence-electron chi connectivity index (χ4n) is 1.79. The molecule has 0 atom stereocenters. The molecule has 0 aromatic carbocycles. The van der Waals surface area contributed by atoms with Crippen LogP contribution in [0, 0.1) is 0 Å². The summed E-state index contributed by atoms with van der Waals surface area (Å²) in [7, 11) is -0.662. The van der Waals surface area contributed by atoms with Crippen molar-refractivity contribution in [2.75, 3.05) is 5.32 Å². The molecule has 0 aliphatic carbocycles. The van der Waals surface area contributed by atoms with Crippen LogP contribution in [-0.4, -0.2) is 35.4 Å². The Morgan fingerprint density at radius 2 is 1.73 bits per heavy atom. The fraction of sp³-hybridized carbons (Fsp3) is 0.538. The maximum atomic E-state index is 12.2. The number of halogens is 3. The number of nitrogens with zero attached hydrogens (tertiary/aromatic N) is 1. The van der Waals surface area contributed by atoms with Gasteiger partial charge >= 0.3 is 19.2 Å². The second kappa shape index (κ2) is 5.24. The van der Waals surface area contributed by atoms with Gasteiger partial charge in [0.2, 0.25) is 0 Å². The number of pyridine rings is 1. The van der Waals surface area contributed by atoms with E-state index >= 15 is 0 Å². The second-order valence-corrected chi connectivity index (χ2v) is 6.02. The molecule has 0 radical (unpaired) electrons. The molecule has 0 bridgehead atoms. The lowest BCUT2D eigenvalue weighted by Crippen LogP contribution is -2.41. The van der Waals surface area contributed by atoms with Gasteiger partial charge < -0.3 is 14.6 Å². The van der Waals surface area contributed by atoms with Crippen LogP contribution < -0.4 is 10.8 Å². The molecule has 1 aliphatic rings. The molecular weight excluding hydrogens is 300 g/mol. The molecule has 22 heavy (non-hydrogen) atoms. The molecule has 0 saturated carbocycles. The van der Waals surface area contributed by atoms with Crippen LogP contribution in [-0.2, 0) is 14.1 Å². The van der Waals surface area contributed by atoms with Gasteiger partial charge in [-0.05, 0) is 33.8 Å². The van der Waals surface area contributed by atoms with E-state index in [0.29, 0.717) is 5.46 Å². The smallest absolute Gasteiger partial charge is 0.399 e. The van der Waals surface area contributed by atoms with E-state index in [2.05, 4.69) is 4.98 Å². The summed E-state index contributed by atoms with van der Waals surface area (Å²) in [5.41, 5.74) is -0.495. The first-order valence-corrected chi connectivity index (χ1v) is 6.62. The molecular formula is C13H16BF3N2O3. The number of hydrogen-bond acceptors (Lipinski definition) is 4. The Balaban J connectivity index is 2.09. The Labute approximate surface area is 126 Å². The first kappa shape index (κ1) is 16.8. The monoisotopic (exact) mass is 316 g/mol. The minimum Gasteiger partial charge on any atom is -0.399 e. The van der Waals surface area contributed by atoms with Crippen LogP contribution in [0.2, 0.25) is 0 Å². The van der Waals surface area contributed by atoms with Gasteiger partial charge in [-0.1, -0.05) is 6.07 Å². The lowest BCUT2D eigenvalue weighted by atomic mass is 9.80. The molecule has 2 heterocycles. The van der Waals surface area contributed by atoms with Crippen LogP contribution in [0.15, 0.2) is 18.3 Å². The Morgan fingerprint density at radius 3 is 2.14 bits per heavy atom. The lowest BCUT2D eigenvalue weighted by Gasteiger charge is -2.32. The molecule has 1 aromatic heterocycles. The first-order valence-electron chi connectivity index (χ1n) is 6.62. The van der Waals surface area contributed by atoms with Gasteiger partial charge in [0.05, 0.1) is 11.2 Å². The van der Waals surface area contributed by atoms with E-state index in [4.69, 9.17) is 9.31 Å². The van der Waals surface area contributed by atoms with Crippen LogP contribution >= 0.6 is 0 Å². The highest BCUT2D eigenvalue weighted by molar-refractivity contribution is 6.62. The van der Waals surface area contributed by atoms with E-state index < -0.39 is 30.4 Å². The fourth-order valence-corrected chi connectivity index (χ4v) is 1.79. The van der Waals surface area contributed by atoms with Crippen LogP contribution in [0.4, 0.5) is 19.0 Å². The first-order chi connectivity index (χ1) is 9.92. The molecule has 1 amide bonds. The van der Waals surface area contributed by atoms with Gasteiger partial charge in [-0.25, -0.2) is 4.98 Å². The molecule has 1 aromatic rings. The Kier molecular flexibility index (Phi) is 3.99. The summed E-state index contributed by atoms with van der Waals surface area (Å²) in [6.07, 6.45) is -3.64. The largest absolute Gasteiger partial charge is 0.496 e. The van der Waals surface area contributed by atoms with Gasteiger partial charge in [0.25, 0.3) is 0 Å². The van der Waals surface area contributed by atoms with Crippen molar-refractivity contribution < 1.29 is 27.3 Å². The predicted octanol–water partition coefficient (Wildman–Crippen LogP) is 1.88. The highest BCUT2D eigenvalue weighted by atomic mass is 19.4. The minimum absolute atomic E-state index is 0.192. The van der Waals surface area contributed by atoms with E-state index in [-0.39, 0.29) is 5.82 Å². The van der Waals surface area contributed by atoms with Crippen LogP contribution in [0.25, 0.3) is 0 Å². The predicted molar refractivity (Wildman–Crippen MR) is 74.6 cm³/mol. The van der Waals surface area contributed by atoms with Crippen molar-refractivity contribution in [3.8, 4) is 0 Å². The van der Waals surface area contributed by atoms with Crippen LogP contribution in [0.3, 0.4) is 0 Å². The van der Waals surface area contributed by atoms with E-state index in [1.54, 1.807) is 5.32 Å². The molecule has 5 nitrogen and oxygen atoms in total. The van der Waals surface area contributed by atoms with E-state index in [1.165, 1.54) is 18.3 Å². The maximum Gasteiger partial charge on any atom is 0.496 e. The molecule has 9 heteroatoms. The Bertz CT molecular complexity index is 557. The van der Waals surface area contributed by atoms with Gasteiger partial charge in [-0.2, -0.15) is 13.2 Å². The highest BCUT2D eigenvalue weighted by Crippen LogP contribution is 2.36. The summed E-state index contributed by atoms with van der Waals surface area (Å²) in [4.78, 5) is 14.6. The lowest BCUT2D eigenvalue weighted by molar-refractivity contribution is -0.167. The number of carbonyl (C=O) groups is 1. The number of carbonyl (C=O) groups excluding carboxylic acids is 1. The molecule has 120 valence electrons.